The van der Waals surface area contributed by atoms with E-state index in [0.29, 0.717) is 19.1 Å². The van der Waals surface area contributed by atoms with Gasteiger partial charge in [-0.05, 0) is 18.9 Å². The summed E-state index contributed by atoms with van der Waals surface area (Å²) < 4.78 is 18.6. The van der Waals surface area contributed by atoms with Crippen LogP contribution in [0.5, 0.6) is 5.75 Å². The van der Waals surface area contributed by atoms with Crippen LogP contribution in [0.2, 0.25) is 0 Å². The maximum Gasteiger partial charge on any atom is 0.305 e. The predicted molar refractivity (Wildman–Crippen MR) is 98.3 cm³/mol. The summed E-state index contributed by atoms with van der Waals surface area (Å²) in [6, 6.07) is 3.71. The Morgan fingerprint density at radius 2 is 1.92 bits per heavy atom. The van der Waals surface area contributed by atoms with Crippen molar-refractivity contribution in [2.45, 2.75) is 44.6 Å². The molecule has 0 heterocycles. The first kappa shape index (κ1) is 22.1. The highest BCUT2D eigenvalue weighted by atomic mass is 35.5. The summed E-state index contributed by atoms with van der Waals surface area (Å²) >= 11 is 0. The number of benzene rings is 1. The predicted octanol–water partition coefficient (Wildman–Crippen LogP) is 2.96. The van der Waals surface area contributed by atoms with Gasteiger partial charge in [-0.1, -0.05) is 25.7 Å². The first-order chi connectivity index (χ1) is 12.1. The molecule has 1 fully saturated rings. The molecule has 1 aromatic carbocycles. The molecule has 0 saturated heterocycles. The van der Waals surface area contributed by atoms with Crippen molar-refractivity contribution in [2.24, 2.45) is 0 Å². The summed E-state index contributed by atoms with van der Waals surface area (Å²) in [5.41, 5.74) is -0.624. The van der Waals surface area contributed by atoms with E-state index in [1.54, 1.807) is 0 Å². The lowest BCUT2D eigenvalue weighted by Gasteiger charge is -2.16. The number of hydrogen-bond acceptors (Lipinski definition) is 5. The molecule has 7 nitrogen and oxygen atoms in total. The Hall–Kier alpha value is -1.93. The maximum atomic E-state index is 13.4. The fourth-order valence-electron chi connectivity index (χ4n) is 2.89. The molecule has 9 heteroatoms. The number of amides is 1. The van der Waals surface area contributed by atoms with E-state index < -0.39 is 16.4 Å². The molecule has 146 valence electrons. The minimum absolute atomic E-state index is 0. The molecule has 0 aliphatic heterocycles. The van der Waals surface area contributed by atoms with Gasteiger partial charge >= 0.3 is 5.69 Å². The van der Waals surface area contributed by atoms with Gasteiger partial charge in [0.2, 0.25) is 5.82 Å². The third-order valence-corrected chi connectivity index (χ3v) is 4.22. The first-order valence-corrected chi connectivity index (χ1v) is 8.63. The van der Waals surface area contributed by atoms with Crippen LogP contribution in [0, 0.1) is 15.9 Å². The third kappa shape index (κ3) is 7.53. The highest BCUT2D eigenvalue weighted by Gasteiger charge is 2.15. The Labute approximate surface area is 158 Å². The van der Waals surface area contributed by atoms with Gasteiger partial charge in [0.15, 0.2) is 6.61 Å². The summed E-state index contributed by atoms with van der Waals surface area (Å²) in [4.78, 5) is 21.4. The van der Waals surface area contributed by atoms with Crippen LogP contribution >= 0.6 is 12.4 Å². The molecule has 1 amide bonds. The van der Waals surface area contributed by atoms with Crippen LogP contribution in [0.3, 0.4) is 0 Å². The first-order valence-electron chi connectivity index (χ1n) is 8.63. The fraction of sp³-hybridized carbons (Fsp3) is 0.588. The normalized spacial score (nSPS) is 14.8. The second kappa shape index (κ2) is 11.6. The number of carbonyl (C=O) groups is 1. The minimum Gasteiger partial charge on any atom is -0.484 e. The van der Waals surface area contributed by atoms with E-state index in [9.17, 15) is 19.3 Å². The summed E-state index contributed by atoms with van der Waals surface area (Å²) in [5.74, 6) is -1.23. The molecule has 1 aliphatic carbocycles. The van der Waals surface area contributed by atoms with E-state index in [-0.39, 0.29) is 30.7 Å². The second-order valence-corrected chi connectivity index (χ2v) is 6.15. The van der Waals surface area contributed by atoms with Gasteiger partial charge in [0.1, 0.15) is 5.75 Å². The quantitative estimate of drug-likeness (QED) is 0.308. The Bertz CT molecular complexity index is 595. The Morgan fingerprint density at radius 1 is 1.23 bits per heavy atom. The molecule has 0 radical (unpaired) electrons. The van der Waals surface area contributed by atoms with Gasteiger partial charge in [0, 0.05) is 31.3 Å². The molecule has 0 aromatic heterocycles. The van der Waals surface area contributed by atoms with Crippen molar-refractivity contribution in [1.82, 2.24) is 10.6 Å². The van der Waals surface area contributed by atoms with Crippen LogP contribution in [0.4, 0.5) is 10.1 Å². The molecular formula is C17H25ClFN3O4. The van der Waals surface area contributed by atoms with Crippen molar-refractivity contribution in [3.63, 3.8) is 0 Å². The highest BCUT2D eigenvalue weighted by Crippen LogP contribution is 2.22. The fourth-order valence-corrected chi connectivity index (χ4v) is 2.89. The van der Waals surface area contributed by atoms with Crippen molar-refractivity contribution in [3.05, 3.63) is 34.1 Å². The summed E-state index contributed by atoms with van der Waals surface area (Å²) in [6.45, 7) is 0.927. The van der Waals surface area contributed by atoms with Gasteiger partial charge < -0.3 is 15.4 Å². The molecule has 2 N–H and O–H groups in total. The van der Waals surface area contributed by atoms with Crippen molar-refractivity contribution >= 4 is 24.0 Å². The van der Waals surface area contributed by atoms with E-state index >= 15 is 0 Å². The highest BCUT2D eigenvalue weighted by molar-refractivity contribution is 5.85. The number of nitro groups is 1. The van der Waals surface area contributed by atoms with E-state index in [4.69, 9.17) is 4.74 Å². The minimum atomic E-state index is -0.990. The standard InChI is InChI=1S/C17H24FN3O4.ClH/c18-15-11-14(7-8-16(15)21(23)24)25-12-17(22)20-10-9-19-13-5-3-1-2-4-6-13;/h7-8,11,13,19H,1-6,9-10,12H2,(H,20,22);1H. The number of nitrogens with zero attached hydrogens (tertiary/aromatic N) is 1. The van der Waals surface area contributed by atoms with Crippen LogP contribution in [0.15, 0.2) is 18.2 Å². The number of carbonyl (C=O) groups excluding carboxylic acids is 1. The second-order valence-electron chi connectivity index (χ2n) is 6.15. The van der Waals surface area contributed by atoms with Crippen molar-refractivity contribution < 1.29 is 18.8 Å². The lowest BCUT2D eigenvalue weighted by molar-refractivity contribution is -0.387. The van der Waals surface area contributed by atoms with Gasteiger partial charge in [-0.25, -0.2) is 0 Å². The Balaban J connectivity index is 0.00000338. The largest absolute Gasteiger partial charge is 0.484 e. The molecule has 0 spiro atoms. The molecule has 1 aromatic rings. The zero-order valence-corrected chi connectivity index (χ0v) is 15.4. The van der Waals surface area contributed by atoms with E-state index in [1.807, 2.05) is 0 Å². The Kier molecular flexibility index (Phi) is 9.90. The van der Waals surface area contributed by atoms with Crippen LogP contribution < -0.4 is 15.4 Å². The van der Waals surface area contributed by atoms with Crippen LogP contribution in [0.25, 0.3) is 0 Å². The number of nitrogens with one attached hydrogen (secondary N) is 2. The zero-order chi connectivity index (χ0) is 18.1. The van der Waals surface area contributed by atoms with Crippen molar-refractivity contribution in [1.29, 1.82) is 0 Å². The van der Waals surface area contributed by atoms with Crippen LogP contribution in [-0.2, 0) is 4.79 Å². The van der Waals surface area contributed by atoms with E-state index in [0.717, 1.165) is 12.1 Å². The average molecular weight is 390 g/mol. The Morgan fingerprint density at radius 3 is 2.54 bits per heavy atom. The van der Waals surface area contributed by atoms with Crippen molar-refractivity contribution in [3.8, 4) is 5.75 Å². The van der Waals surface area contributed by atoms with Crippen LogP contribution in [-0.4, -0.2) is 36.6 Å². The smallest absolute Gasteiger partial charge is 0.305 e. The summed E-state index contributed by atoms with van der Waals surface area (Å²) in [5, 5.41) is 16.7. The molecule has 0 unspecified atom stereocenters. The van der Waals surface area contributed by atoms with Crippen LogP contribution in [0.1, 0.15) is 38.5 Å². The van der Waals surface area contributed by atoms with Gasteiger partial charge in [0.05, 0.1) is 4.92 Å². The molecule has 2 rings (SSSR count). The summed E-state index contributed by atoms with van der Waals surface area (Å²) in [7, 11) is 0. The molecule has 0 atom stereocenters. The molecule has 1 saturated carbocycles. The number of ether oxygens (including phenoxy) is 1. The van der Waals surface area contributed by atoms with Gasteiger partial charge in [-0.2, -0.15) is 4.39 Å². The van der Waals surface area contributed by atoms with Gasteiger partial charge in [-0.3, -0.25) is 14.9 Å². The van der Waals surface area contributed by atoms with Gasteiger partial charge in [-0.15, -0.1) is 12.4 Å². The maximum absolute atomic E-state index is 13.4. The molecule has 0 bridgehead atoms. The van der Waals surface area contributed by atoms with E-state index in [2.05, 4.69) is 10.6 Å². The number of hydrogen-bond donors (Lipinski definition) is 2. The topological polar surface area (TPSA) is 93.5 Å². The average Bonchev–Trinajstić information content (AvgIpc) is 2.85. The number of nitro benzene ring substituents is 1. The molecular weight excluding hydrogens is 365 g/mol. The SMILES string of the molecule is Cl.O=C(COc1ccc([N+](=O)[O-])c(F)c1)NCCNC1CCCCCC1. The third-order valence-electron chi connectivity index (χ3n) is 4.22. The van der Waals surface area contributed by atoms with Crippen molar-refractivity contribution in [2.75, 3.05) is 19.7 Å². The van der Waals surface area contributed by atoms with E-state index in [1.165, 1.54) is 44.6 Å². The zero-order valence-electron chi connectivity index (χ0n) is 14.5. The van der Waals surface area contributed by atoms with Gasteiger partial charge in [0.25, 0.3) is 5.91 Å². The number of rotatable bonds is 8. The molecule has 26 heavy (non-hydrogen) atoms. The monoisotopic (exact) mass is 389 g/mol. The molecule has 1 aliphatic rings. The lowest BCUT2D eigenvalue weighted by Crippen LogP contribution is -2.38. The summed E-state index contributed by atoms with van der Waals surface area (Å²) in [6.07, 6.45) is 7.48. The number of halogens is 2. The lowest BCUT2D eigenvalue weighted by atomic mass is 10.1.